The monoisotopic (exact) mass is 278 g/mol. The molecule has 9 heteroatoms. The van der Waals surface area contributed by atoms with Crippen molar-refractivity contribution in [1.82, 2.24) is 5.32 Å². The van der Waals surface area contributed by atoms with E-state index in [0.29, 0.717) is 0 Å². The summed E-state index contributed by atoms with van der Waals surface area (Å²) in [6, 6.07) is 0. The summed E-state index contributed by atoms with van der Waals surface area (Å²) in [6.45, 7) is -0.916. The molecule has 2 amide bonds. The number of hydrogen-bond acceptors (Lipinski definition) is 7. The summed E-state index contributed by atoms with van der Waals surface area (Å²) in [7, 11) is 0. The number of hydrogen-bond donors (Lipinski definition) is 6. The van der Waals surface area contributed by atoms with Crippen LogP contribution in [0.15, 0.2) is 0 Å². The number of aliphatic hydroxyl groups excluding tert-OH is 4. The molecule has 1 heterocycles. The van der Waals surface area contributed by atoms with E-state index in [2.05, 4.69) is 5.32 Å². The second-order valence-electron chi connectivity index (χ2n) is 4.31. The van der Waals surface area contributed by atoms with Gasteiger partial charge in [-0.05, 0) is 0 Å². The maximum atomic E-state index is 11.4. The summed E-state index contributed by atoms with van der Waals surface area (Å²) < 4.78 is 5.12. The molecule has 1 rings (SSSR count). The van der Waals surface area contributed by atoms with Gasteiger partial charge >= 0.3 is 0 Å². The van der Waals surface area contributed by atoms with Crippen LogP contribution >= 0.6 is 0 Å². The Morgan fingerprint density at radius 1 is 1.11 bits per heavy atom. The van der Waals surface area contributed by atoms with E-state index in [1.807, 2.05) is 0 Å². The van der Waals surface area contributed by atoms with Crippen LogP contribution in [-0.2, 0) is 14.3 Å². The first-order valence-electron chi connectivity index (χ1n) is 5.72. The molecule has 0 bridgehead atoms. The Labute approximate surface area is 109 Å². The first kappa shape index (κ1) is 15.8. The molecule has 0 radical (unpaired) electrons. The predicted octanol–water partition coefficient (Wildman–Crippen LogP) is -4.18. The smallest absolute Gasteiger partial charge is 0.236 e. The molecule has 1 aliphatic heterocycles. The topological polar surface area (TPSA) is 162 Å². The fourth-order valence-corrected chi connectivity index (χ4v) is 1.79. The van der Waals surface area contributed by atoms with Crippen LogP contribution in [0.25, 0.3) is 0 Å². The standard InChI is InChI=1S/C10H18N2O7/c11-6(14)2-12-7(15)1-4-8(16)10(18)9(17)5(3-13)19-4/h4-5,8-10,13,16-18H,1-3H2,(H2,11,14)(H,12,15)/t4?,5?,8-,9+,10+/m0/s1. The van der Waals surface area contributed by atoms with E-state index in [1.54, 1.807) is 0 Å². The van der Waals surface area contributed by atoms with E-state index in [1.165, 1.54) is 0 Å². The van der Waals surface area contributed by atoms with Gasteiger partial charge in [-0.15, -0.1) is 0 Å². The average Bonchev–Trinajstić information content (AvgIpc) is 2.37. The predicted molar refractivity (Wildman–Crippen MR) is 60.6 cm³/mol. The molecule has 9 nitrogen and oxygen atoms in total. The van der Waals surface area contributed by atoms with Crippen molar-refractivity contribution in [3.05, 3.63) is 0 Å². The largest absolute Gasteiger partial charge is 0.394 e. The quantitative estimate of drug-likeness (QED) is 0.297. The minimum absolute atomic E-state index is 0.339. The summed E-state index contributed by atoms with van der Waals surface area (Å²) in [5.41, 5.74) is 4.84. The molecule has 110 valence electrons. The van der Waals surface area contributed by atoms with Gasteiger partial charge in [-0.3, -0.25) is 9.59 Å². The zero-order valence-corrected chi connectivity index (χ0v) is 10.1. The Balaban J connectivity index is 2.56. The summed E-state index contributed by atoms with van der Waals surface area (Å²) >= 11 is 0. The van der Waals surface area contributed by atoms with Gasteiger partial charge in [0.05, 0.1) is 25.7 Å². The first-order valence-corrected chi connectivity index (χ1v) is 5.72. The third-order valence-corrected chi connectivity index (χ3v) is 2.84. The van der Waals surface area contributed by atoms with Gasteiger partial charge < -0.3 is 36.2 Å². The van der Waals surface area contributed by atoms with Crippen molar-refractivity contribution in [2.75, 3.05) is 13.2 Å². The lowest BCUT2D eigenvalue weighted by molar-refractivity contribution is -0.229. The molecule has 0 saturated carbocycles. The minimum atomic E-state index is -1.53. The van der Waals surface area contributed by atoms with Gasteiger partial charge in [0.1, 0.15) is 24.4 Å². The Kier molecular flexibility index (Phi) is 5.63. The molecule has 0 aromatic rings. The van der Waals surface area contributed by atoms with Crippen LogP contribution < -0.4 is 11.1 Å². The van der Waals surface area contributed by atoms with Gasteiger partial charge in [0, 0.05) is 0 Å². The van der Waals surface area contributed by atoms with Crippen LogP contribution in [-0.4, -0.2) is 75.9 Å². The number of nitrogens with two attached hydrogens (primary N) is 1. The number of rotatable bonds is 5. The van der Waals surface area contributed by atoms with Crippen molar-refractivity contribution in [3.8, 4) is 0 Å². The summed E-state index contributed by atoms with van der Waals surface area (Å²) in [5, 5.41) is 39.8. The van der Waals surface area contributed by atoms with Gasteiger partial charge in [0.25, 0.3) is 0 Å². The molecule has 7 N–H and O–H groups in total. The fraction of sp³-hybridized carbons (Fsp3) is 0.800. The third kappa shape index (κ3) is 4.11. The van der Waals surface area contributed by atoms with Gasteiger partial charge in [-0.25, -0.2) is 0 Å². The van der Waals surface area contributed by atoms with E-state index >= 15 is 0 Å². The maximum Gasteiger partial charge on any atom is 0.236 e. The Morgan fingerprint density at radius 2 is 1.68 bits per heavy atom. The van der Waals surface area contributed by atoms with Crippen molar-refractivity contribution in [1.29, 1.82) is 0 Å². The number of primary amides is 1. The highest BCUT2D eigenvalue weighted by Crippen LogP contribution is 2.22. The van der Waals surface area contributed by atoms with E-state index in [4.69, 9.17) is 15.6 Å². The summed E-state index contributed by atoms with van der Waals surface area (Å²) in [5.74, 6) is -1.33. The number of carbonyl (C=O) groups is 2. The lowest BCUT2D eigenvalue weighted by Crippen LogP contribution is -2.59. The highest BCUT2D eigenvalue weighted by molar-refractivity contribution is 5.83. The summed E-state index contributed by atoms with van der Waals surface area (Å²) in [4.78, 5) is 21.9. The van der Waals surface area contributed by atoms with Crippen LogP contribution in [0.1, 0.15) is 6.42 Å². The third-order valence-electron chi connectivity index (χ3n) is 2.84. The molecular weight excluding hydrogens is 260 g/mol. The first-order chi connectivity index (χ1) is 8.86. The molecule has 0 aromatic heterocycles. The number of carbonyl (C=O) groups excluding carboxylic acids is 2. The molecular formula is C10H18N2O7. The van der Waals surface area contributed by atoms with Gasteiger partial charge in [0.15, 0.2) is 0 Å². The minimum Gasteiger partial charge on any atom is -0.394 e. The van der Waals surface area contributed by atoms with Crippen LogP contribution in [0.3, 0.4) is 0 Å². The van der Waals surface area contributed by atoms with Crippen molar-refractivity contribution < 1.29 is 34.8 Å². The molecule has 0 spiro atoms. The Bertz CT molecular complexity index is 336. The van der Waals surface area contributed by atoms with Crippen LogP contribution in [0, 0.1) is 0 Å². The summed E-state index contributed by atoms with van der Waals surface area (Å²) in [6.07, 6.45) is -6.97. The molecule has 0 aliphatic carbocycles. The number of amides is 2. The Hall–Kier alpha value is -1.26. The number of nitrogens with one attached hydrogen (secondary N) is 1. The van der Waals surface area contributed by atoms with Crippen LogP contribution in [0.2, 0.25) is 0 Å². The van der Waals surface area contributed by atoms with Gasteiger partial charge in [0.2, 0.25) is 11.8 Å². The Morgan fingerprint density at radius 3 is 2.21 bits per heavy atom. The van der Waals surface area contributed by atoms with Crippen LogP contribution in [0.4, 0.5) is 0 Å². The molecule has 1 aliphatic rings. The van der Waals surface area contributed by atoms with Crippen molar-refractivity contribution in [2.24, 2.45) is 5.73 Å². The molecule has 19 heavy (non-hydrogen) atoms. The fourth-order valence-electron chi connectivity index (χ4n) is 1.79. The molecule has 1 saturated heterocycles. The average molecular weight is 278 g/mol. The lowest BCUT2D eigenvalue weighted by atomic mass is 9.93. The van der Waals surface area contributed by atoms with Crippen molar-refractivity contribution >= 4 is 11.8 Å². The molecule has 5 atom stereocenters. The highest BCUT2D eigenvalue weighted by Gasteiger charge is 2.43. The van der Waals surface area contributed by atoms with E-state index in [0.717, 1.165) is 0 Å². The highest BCUT2D eigenvalue weighted by atomic mass is 16.5. The molecule has 1 fully saturated rings. The molecule has 2 unspecified atom stereocenters. The number of ether oxygens (including phenoxy) is 1. The van der Waals surface area contributed by atoms with Crippen molar-refractivity contribution in [3.63, 3.8) is 0 Å². The van der Waals surface area contributed by atoms with E-state index in [-0.39, 0.29) is 13.0 Å². The SMILES string of the molecule is NC(=O)CNC(=O)CC1OC(CO)[C@@H](O)[C@H](O)[C@H]1O. The number of aliphatic hydroxyl groups is 4. The van der Waals surface area contributed by atoms with Crippen LogP contribution in [0.5, 0.6) is 0 Å². The zero-order valence-electron chi connectivity index (χ0n) is 10.1. The lowest BCUT2D eigenvalue weighted by Gasteiger charge is -2.39. The normalized spacial score (nSPS) is 34.8. The van der Waals surface area contributed by atoms with Gasteiger partial charge in [-0.2, -0.15) is 0 Å². The van der Waals surface area contributed by atoms with Crippen molar-refractivity contribution in [2.45, 2.75) is 36.9 Å². The maximum absolute atomic E-state index is 11.4. The second kappa shape index (κ2) is 6.78. The van der Waals surface area contributed by atoms with E-state index < -0.39 is 48.9 Å². The van der Waals surface area contributed by atoms with Gasteiger partial charge in [-0.1, -0.05) is 0 Å². The zero-order chi connectivity index (χ0) is 14.6. The second-order valence-corrected chi connectivity index (χ2v) is 4.31. The van der Waals surface area contributed by atoms with E-state index in [9.17, 15) is 24.9 Å². The molecule has 0 aromatic carbocycles.